The van der Waals surface area contributed by atoms with Gasteiger partial charge in [-0.2, -0.15) is 10.1 Å². The van der Waals surface area contributed by atoms with E-state index in [1.54, 1.807) is 13.3 Å². The van der Waals surface area contributed by atoms with Gasteiger partial charge in [0.1, 0.15) is 5.25 Å². The zero-order chi connectivity index (χ0) is 20.6. The van der Waals surface area contributed by atoms with Gasteiger partial charge in [-0.15, -0.1) is 0 Å². The van der Waals surface area contributed by atoms with Gasteiger partial charge in [0.05, 0.1) is 6.21 Å². The number of carbonyl (C=O) groups excluding carboxylic acids is 2. The first-order valence-electron chi connectivity index (χ1n) is 9.51. The van der Waals surface area contributed by atoms with E-state index in [1.807, 2.05) is 54.6 Å². The van der Waals surface area contributed by atoms with Gasteiger partial charge in [-0.05, 0) is 23.1 Å². The van der Waals surface area contributed by atoms with Crippen molar-refractivity contribution in [1.29, 1.82) is 0 Å². The van der Waals surface area contributed by atoms with Crippen molar-refractivity contribution in [2.75, 3.05) is 7.05 Å². The first kappa shape index (κ1) is 20.8. The van der Waals surface area contributed by atoms with Crippen LogP contribution in [0.3, 0.4) is 0 Å². The largest absolute Gasteiger partial charge is 0.352 e. The molecule has 1 aliphatic heterocycles. The van der Waals surface area contributed by atoms with Gasteiger partial charge >= 0.3 is 0 Å². The van der Waals surface area contributed by atoms with E-state index in [0.717, 1.165) is 17.5 Å². The number of thioether (sulfide) groups is 1. The minimum atomic E-state index is -0.524. The number of hydrazone groups is 1. The van der Waals surface area contributed by atoms with Gasteiger partial charge in [0.25, 0.3) is 5.91 Å². The fourth-order valence-corrected chi connectivity index (χ4v) is 3.87. The van der Waals surface area contributed by atoms with Crippen molar-refractivity contribution >= 4 is 35.0 Å². The van der Waals surface area contributed by atoms with E-state index in [0.29, 0.717) is 11.7 Å². The molecule has 1 N–H and O–H groups in total. The van der Waals surface area contributed by atoms with Crippen LogP contribution in [0.4, 0.5) is 0 Å². The standard InChI is InChI=1S/C22H24N4O2S/c1-3-16-9-11-18(12-10-16)15-25-26-21(28)19(29-22(26)23-2)13-20(27)24-14-17-7-5-4-6-8-17/h4-12,15,19H,3,13-14H2,1-2H3,(H,24,27). The second kappa shape index (κ2) is 10.0. The van der Waals surface area contributed by atoms with E-state index >= 15 is 0 Å². The van der Waals surface area contributed by atoms with Crippen LogP contribution < -0.4 is 5.32 Å². The molecule has 1 heterocycles. The number of amides is 2. The molecule has 0 spiro atoms. The molecule has 0 radical (unpaired) electrons. The lowest BCUT2D eigenvalue weighted by molar-refractivity contribution is -0.129. The number of aryl methyl sites for hydroxylation is 1. The predicted octanol–water partition coefficient (Wildman–Crippen LogP) is 3.22. The van der Waals surface area contributed by atoms with Gasteiger partial charge in [0, 0.05) is 20.0 Å². The monoisotopic (exact) mass is 408 g/mol. The molecule has 6 nitrogen and oxygen atoms in total. The van der Waals surface area contributed by atoms with Crippen LogP contribution in [0.15, 0.2) is 64.7 Å². The average Bonchev–Trinajstić information content (AvgIpc) is 3.06. The molecule has 7 heteroatoms. The molecule has 29 heavy (non-hydrogen) atoms. The maximum atomic E-state index is 12.7. The number of nitrogens with zero attached hydrogens (tertiary/aromatic N) is 3. The van der Waals surface area contributed by atoms with E-state index in [9.17, 15) is 9.59 Å². The summed E-state index contributed by atoms with van der Waals surface area (Å²) in [6, 6.07) is 17.7. The molecule has 2 amide bonds. The molecule has 2 aromatic rings. The van der Waals surface area contributed by atoms with Gasteiger partial charge in [-0.3, -0.25) is 14.6 Å². The molecule has 1 unspecified atom stereocenters. The van der Waals surface area contributed by atoms with Crippen LogP contribution in [0, 0.1) is 0 Å². The summed E-state index contributed by atoms with van der Waals surface area (Å²) in [6.07, 6.45) is 2.70. The second-order valence-corrected chi connectivity index (χ2v) is 7.74. The summed E-state index contributed by atoms with van der Waals surface area (Å²) in [5, 5.41) is 8.43. The molecular formula is C22H24N4O2S. The van der Waals surface area contributed by atoms with Gasteiger partial charge in [-0.1, -0.05) is 73.3 Å². The van der Waals surface area contributed by atoms with Crippen LogP contribution in [-0.2, 0) is 22.6 Å². The third kappa shape index (κ3) is 5.54. The molecular weight excluding hydrogens is 384 g/mol. The highest BCUT2D eigenvalue weighted by molar-refractivity contribution is 8.15. The third-order valence-corrected chi connectivity index (χ3v) is 5.74. The van der Waals surface area contributed by atoms with E-state index in [4.69, 9.17) is 0 Å². The number of amidine groups is 1. The summed E-state index contributed by atoms with van der Waals surface area (Å²) < 4.78 is 0. The van der Waals surface area contributed by atoms with Crippen molar-refractivity contribution in [3.63, 3.8) is 0 Å². The van der Waals surface area contributed by atoms with E-state index < -0.39 is 5.25 Å². The maximum absolute atomic E-state index is 12.7. The summed E-state index contributed by atoms with van der Waals surface area (Å²) in [7, 11) is 1.62. The fraction of sp³-hybridized carbons (Fsp3) is 0.273. The highest BCUT2D eigenvalue weighted by Gasteiger charge is 2.39. The Morgan fingerprint density at radius 3 is 2.52 bits per heavy atom. The molecule has 0 saturated carbocycles. The van der Waals surface area contributed by atoms with Crippen molar-refractivity contribution in [1.82, 2.24) is 10.3 Å². The Kier molecular flexibility index (Phi) is 7.19. The van der Waals surface area contributed by atoms with Crippen molar-refractivity contribution in [2.45, 2.75) is 31.6 Å². The van der Waals surface area contributed by atoms with Crippen LogP contribution in [0.1, 0.15) is 30.0 Å². The van der Waals surface area contributed by atoms with Crippen LogP contribution in [0.25, 0.3) is 0 Å². The molecule has 1 fully saturated rings. The van der Waals surface area contributed by atoms with Gasteiger partial charge in [0.2, 0.25) is 5.91 Å². The lowest BCUT2D eigenvalue weighted by atomic mass is 10.1. The maximum Gasteiger partial charge on any atom is 0.263 e. The molecule has 0 aromatic heterocycles. The molecule has 0 aliphatic carbocycles. The highest BCUT2D eigenvalue weighted by atomic mass is 32.2. The molecule has 2 aromatic carbocycles. The Bertz CT molecular complexity index is 910. The summed E-state index contributed by atoms with van der Waals surface area (Å²) in [6.45, 7) is 2.54. The van der Waals surface area contributed by atoms with Gasteiger partial charge in [0.15, 0.2) is 5.17 Å². The fourth-order valence-electron chi connectivity index (χ4n) is 2.84. The molecule has 150 valence electrons. The van der Waals surface area contributed by atoms with Gasteiger partial charge in [-0.25, -0.2) is 0 Å². The summed E-state index contributed by atoms with van der Waals surface area (Å²) >= 11 is 1.27. The Hall–Kier alpha value is -2.93. The van der Waals surface area contributed by atoms with E-state index in [-0.39, 0.29) is 18.2 Å². The number of rotatable bonds is 7. The van der Waals surface area contributed by atoms with Crippen molar-refractivity contribution in [3.05, 3.63) is 71.3 Å². The quantitative estimate of drug-likeness (QED) is 0.715. The van der Waals surface area contributed by atoms with Crippen LogP contribution in [0.5, 0.6) is 0 Å². The second-order valence-electron chi connectivity index (χ2n) is 6.57. The average molecular weight is 409 g/mol. The Morgan fingerprint density at radius 2 is 1.86 bits per heavy atom. The highest BCUT2D eigenvalue weighted by Crippen LogP contribution is 2.29. The topological polar surface area (TPSA) is 74.1 Å². The summed E-state index contributed by atoms with van der Waals surface area (Å²) in [5.74, 6) is -0.400. The van der Waals surface area contributed by atoms with Crippen molar-refractivity contribution in [2.24, 2.45) is 10.1 Å². The zero-order valence-electron chi connectivity index (χ0n) is 16.5. The molecule has 3 rings (SSSR count). The number of hydrogen-bond acceptors (Lipinski definition) is 5. The summed E-state index contributed by atoms with van der Waals surface area (Å²) in [4.78, 5) is 29.2. The SMILES string of the molecule is CCc1ccc(C=NN2C(=O)C(CC(=O)NCc3ccccc3)SC2=NC)cc1. The lowest BCUT2D eigenvalue weighted by Gasteiger charge is -2.10. The van der Waals surface area contributed by atoms with Crippen LogP contribution >= 0.6 is 11.8 Å². The van der Waals surface area contributed by atoms with Crippen molar-refractivity contribution in [3.8, 4) is 0 Å². The van der Waals surface area contributed by atoms with Crippen LogP contribution in [0.2, 0.25) is 0 Å². The Morgan fingerprint density at radius 1 is 1.14 bits per heavy atom. The minimum absolute atomic E-state index is 0.0899. The zero-order valence-corrected chi connectivity index (χ0v) is 17.4. The smallest absolute Gasteiger partial charge is 0.263 e. The number of benzene rings is 2. The van der Waals surface area contributed by atoms with E-state index in [2.05, 4.69) is 22.3 Å². The molecule has 1 aliphatic rings. The predicted molar refractivity (Wildman–Crippen MR) is 118 cm³/mol. The van der Waals surface area contributed by atoms with Crippen molar-refractivity contribution < 1.29 is 9.59 Å². The summed E-state index contributed by atoms with van der Waals surface area (Å²) in [5.41, 5.74) is 3.16. The number of aliphatic imine (C=N–C) groups is 1. The lowest BCUT2D eigenvalue weighted by Crippen LogP contribution is -2.32. The molecule has 1 atom stereocenters. The van der Waals surface area contributed by atoms with E-state index in [1.165, 1.54) is 22.3 Å². The third-order valence-electron chi connectivity index (χ3n) is 4.52. The number of carbonyl (C=O) groups is 2. The first-order valence-corrected chi connectivity index (χ1v) is 10.4. The Labute approximate surface area is 175 Å². The van der Waals surface area contributed by atoms with Crippen LogP contribution in [-0.4, -0.2) is 40.5 Å². The minimum Gasteiger partial charge on any atom is -0.352 e. The molecule has 0 bridgehead atoms. The van der Waals surface area contributed by atoms with Gasteiger partial charge < -0.3 is 5.32 Å². The Balaban J connectivity index is 1.59. The first-order chi connectivity index (χ1) is 14.1. The number of hydrogen-bond donors (Lipinski definition) is 1. The number of nitrogens with one attached hydrogen (secondary N) is 1. The molecule has 1 saturated heterocycles. The normalized spacial score (nSPS) is 18.0.